The third-order valence-electron chi connectivity index (χ3n) is 3.43. The Kier molecular flexibility index (Phi) is 4.14. The van der Waals surface area contributed by atoms with Gasteiger partial charge in [0.15, 0.2) is 5.58 Å². The Labute approximate surface area is 146 Å². The van der Waals surface area contributed by atoms with Crippen LogP contribution in [-0.4, -0.2) is 25.8 Å². The number of phenols is 1. The largest absolute Gasteiger partial charge is 0.506 e. The summed E-state index contributed by atoms with van der Waals surface area (Å²) in [5, 5.41) is 14.4. The van der Waals surface area contributed by atoms with Crippen LogP contribution in [0.3, 0.4) is 0 Å². The van der Waals surface area contributed by atoms with Crippen molar-refractivity contribution in [1.29, 1.82) is 0 Å². The number of fused-ring (bicyclic) bond motifs is 1. The lowest BCUT2D eigenvalue weighted by atomic mass is 10.2. The fourth-order valence-corrected chi connectivity index (χ4v) is 4.01. The van der Waals surface area contributed by atoms with Gasteiger partial charge in [0.05, 0.1) is 18.5 Å². The molecule has 1 aromatic heterocycles. The number of aromatic nitrogens is 1. The second-order valence-corrected chi connectivity index (χ2v) is 7.60. The molecule has 0 aliphatic carbocycles. The average Bonchev–Trinajstić information content (AvgIpc) is 2.88. The second kappa shape index (κ2) is 5.99. The van der Waals surface area contributed by atoms with E-state index in [1.54, 1.807) is 13.0 Å². The Morgan fingerprint density at radius 3 is 2.75 bits per heavy atom. The summed E-state index contributed by atoms with van der Waals surface area (Å²) in [6, 6.07) is 7.40. The molecule has 126 valence electrons. The maximum absolute atomic E-state index is 12.7. The molecule has 0 unspecified atom stereocenters. The number of sulfonamides is 1. The second-order valence-electron chi connectivity index (χ2n) is 5.03. The van der Waals surface area contributed by atoms with Crippen LogP contribution in [0.2, 0.25) is 0 Å². The van der Waals surface area contributed by atoms with Crippen molar-refractivity contribution >= 4 is 42.6 Å². The first kappa shape index (κ1) is 16.6. The summed E-state index contributed by atoms with van der Waals surface area (Å²) >= 11 is 3.24. The minimum atomic E-state index is -3.98. The van der Waals surface area contributed by atoms with Crippen molar-refractivity contribution in [2.45, 2.75) is 11.8 Å². The normalized spacial score (nSPS) is 11.6. The average molecular weight is 413 g/mol. The van der Waals surface area contributed by atoms with Crippen molar-refractivity contribution in [2.24, 2.45) is 0 Å². The molecule has 24 heavy (non-hydrogen) atoms. The van der Waals surface area contributed by atoms with Crippen LogP contribution in [0.15, 0.2) is 44.2 Å². The minimum Gasteiger partial charge on any atom is -0.506 e. The smallest absolute Gasteiger partial charge is 0.265 e. The lowest BCUT2D eigenvalue weighted by Crippen LogP contribution is -2.14. The predicted octanol–water partition coefficient (Wildman–Crippen LogP) is 3.41. The number of hydrogen-bond acceptors (Lipinski definition) is 6. The molecule has 0 saturated heterocycles. The Morgan fingerprint density at radius 1 is 1.29 bits per heavy atom. The molecule has 0 aliphatic heterocycles. The number of nitrogens with zero attached hydrogens (tertiary/aromatic N) is 1. The highest BCUT2D eigenvalue weighted by Gasteiger charge is 2.22. The van der Waals surface area contributed by atoms with Crippen molar-refractivity contribution < 1.29 is 22.8 Å². The molecule has 0 aliphatic rings. The highest BCUT2D eigenvalue weighted by atomic mass is 79.9. The minimum absolute atomic E-state index is 0.0239. The Hall–Kier alpha value is -2.26. The van der Waals surface area contributed by atoms with Gasteiger partial charge in [-0.05, 0) is 31.2 Å². The highest BCUT2D eigenvalue weighted by molar-refractivity contribution is 9.10. The van der Waals surface area contributed by atoms with Crippen LogP contribution in [0.25, 0.3) is 11.0 Å². The zero-order chi connectivity index (χ0) is 17.5. The number of benzene rings is 2. The van der Waals surface area contributed by atoms with Gasteiger partial charge in [0.2, 0.25) is 0 Å². The number of halogens is 1. The number of aromatic hydroxyl groups is 1. The quantitative estimate of drug-likeness (QED) is 0.636. The van der Waals surface area contributed by atoms with Gasteiger partial charge in [-0.15, -0.1) is 0 Å². The zero-order valence-corrected chi connectivity index (χ0v) is 15.1. The first-order chi connectivity index (χ1) is 11.3. The van der Waals surface area contributed by atoms with Gasteiger partial charge in [0, 0.05) is 15.9 Å². The number of rotatable bonds is 4. The van der Waals surface area contributed by atoms with Gasteiger partial charge in [-0.3, -0.25) is 4.72 Å². The summed E-state index contributed by atoms with van der Waals surface area (Å²) in [5.74, 6) is -0.0800. The number of anilines is 1. The SMILES string of the molecule is COc1ccc(Br)cc1S(=O)(=O)Nc1cc2c(C)noc2cc1O. The standard InChI is InChI=1S/C15H13BrN2O5S/c1-8-10-6-11(12(19)7-14(10)23-17-8)18-24(20,21)15-5-9(16)3-4-13(15)22-2/h3-7,18-19H,1-2H3. The van der Waals surface area contributed by atoms with Gasteiger partial charge in [-0.25, -0.2) is 8.42 Å². The molecule has 0 saturated carbocycles. The van der Waals surface area contributed by atoms with E-state index in [4.69, 9.17) is 9.26 Å². The van der Waals surface area contributed by atoms with Gasteiger partial charge in [0.1, 0.15) is 16.4 Å². The number of methoxy groups -OCH3 is 1. The lowest BCUT2D eigenvalue weighted by Gasteiger charge is -2.13. The zero-order valence-electron chi connectivity index (χ0n) is 12.7. The molecular weight excluding hydrogens is 400 g/mol. The summed E-state index contributed by atoms with van der Waals surface area (Å²) in [6.07, 6.45) is 0. The lowest BCUT2D eigenvalue weighted by molar-refractivity contribution is 0.402. The van der Waals surface area contributed by atoms with Gasteiger partial charge in [0.25, 0.3) is 10.0 Å². The topological polar surface area (TPSA) is 102 Å². The van der Waals surface area contributed by atoms with E-state index >= 15 is 0 Å². The third kappa shape index (κ3) is 2.92. The van der Waals surface area contributed by atoms with Crippen LogP contribution < -0.4 is 9.46 Å². The van der Waals surface area contributed by atoms with Crippen molar-refractivity contribution in [3.8, 4) is 11.5 Å². The van der Waals surface area contributed by atoms with Crippen LogP contribution in [0, 0.1) is 6.92 Å². The van der Waals surface area contributed by atoms with Gasteiger partial charge in [-0.1, -0.05) is 21.1 Å². The summed E-state index contributed by atoms with van der Waals surface area (Å²) in [4.78, 5) is -0.0547. The molecule has 1 heterocycles. The molecule has 0 spiro atoms. The van der Waals surface area contributed by atoms with E-state index in [0.29, 0.717) is 21.1 Å². The van der Waals surface area contributed by atoms with E-state index in [1.165, 1.54) is 31.4 Å². The fraction of sp³-hybridized carbons (Fsp3) is 0.133. The van der Waals surface area contributed by atoms with Crippen LogP contribution in [0.1, 0.15) is 5.69 Å². The summed E-state index contributed by atoms with van der Waals surface area (Å²) in [7, 11) is -2.60. The molecule has 3 aromatic rings. The Morgan fingerprint density at radius 2 is 2.04 bits per heavy atom. The number of hydrogen-bond donors (Lipinski definition) is 2. The van der Waals surface area contributed by atoms with Crippen molar-refractivity contribution in [3.05, 3.63) is 40.5 Å². The first-order valence-electron chi connectivity index (χ1n) is 6.77. The van der Waals surface area contributed by atoms with E-state index in [9.17, 15) is 13.5 Å². The van der Waals surface area contributed by atoms with E-state index in [0.717, 1.165) is 0 Å². The Bertz CT molecular complexity index is 1030. The third-order valence-corrected chi connectivity index (χ3v) is 5.31. The van der Waals surface area contributed by atoms with E-state index in [-0.39, 0.29) is 22.1 Å². The summed E-state index contributed by atoms with van der Waals surface area (Å²) < 4.78 is 38.5. The van der Waals surface area contributed by atoms with Crippen LogP contribution in [0.5, 0.6) is 11.5 Å². The van der Waals surface area contributed by atoms with E-state index in [1.807, 2.05) is 0 Å². The molecular formula is C15H13BrN2O5S. The van der Waals surface area contributed by atoms with E-state index < -0.39 is 10.0 Å². The van der Waals surface area contributed by atoms with Gasteiger partial charge < -0.3 is 14.4 Å². The van der Waals surface area contributed by atoms with Crippen molar-refractivity contribution in [3.63, 3.8) is 0 Å². The number of ether oxygens (including phenoxy) is 1. The molecule has 2 aromatic carbocycles. The molecule has 0 fully saturated rings. The molecule has 0 bridgehead atoms. The maximum Gasteiger partial charge on any atom is 0.265 e. The monoisotopic (exact) mass is 412 g/mol. The first-order valence-corrected chi connectivity index (χ1v) is 9.05. The summed E-state index contributed by atoms with van der Waals surface area (Å²) in [5.41, 5.74) is 0.981. The highest BCUT2D eigenvalue weighted by Crippen LogP contribution is 2.34. The molecule has 7 nitrogen and oxygen atoms in total. The molecule has 0 amide bonds. The van der Waals surface area contributed by atoms with Crippen LogP contribution in [-0.2, 0) is 10.0 Å². The van der Waals surface area contributed by atoms with Crippen LogP contribution in [0.4, 0.5) is 5.69 Å². The van der Waals surface area contributed by atoms with Crippen molar-refractivity contribution in [2.75, 3.05) is 11.8 Å². The number of aryl methyl sites for hydroxylation is 1. The van der Waals surface area contributed by atoms with Crippen LogP contribution >= 0.6 is 15.9 Å². The Balaban J connectivity index is 2.08. The summed E-state index contributed by atoms with van der Waals surface area (Å²) in [6.45, 7) is 1.72. The molecule has 2 N–H and O–H groups in total. The van der Waals surface area contributed by atoms with Gasteiger partial charge in [-0.2, -0.15) is 0 Å². The fourth-order valence-electron chi connectivity index (χ4n) is 2.24. The molecule has 9 heteroatoms. The van der Waals surface area contributed by atoms with Gasteiger partial charge >= 0.3 is 0 Å². The molecule has 0 radical (unpaired) electrons. The maximum atomic E-state index is 12.7. The van der Waals surface area contributed by atoms with E-state index in [2.05, 4.69) is 25.8 Å². The number of phenolic OH excluding ortho intramolecular Hbond substituents is 1. The molecule has 0 atom stereocenters. The predicted molar refractivity (Wildman–Crippen MR) is 91.9 cm³/mol. The van der Waals surface area contributed by atoms with Crippen molar-refractivity contribution in [1.82, 2.24) is 5.16 Å². The number of nitrogens with one attached hydrogen (secondary N) is 1. The molecule has 3 rings (SSSR count).